The molecule has 0 atom stereocenters. The normalized spacial score (nSPS) is 12.3. The number of halogens is 1. The van der Waals surface area contributed by atoms with Crippen molar-refractivity contribution >= 4 is 28.9 Å². The third kappa shape index (κ3) is 5.18. The summed E-state index contributed by atoms with van der Waals surface area (Å²) in [7, 11) is -5.00. The number of hydrogen-bond acceptors (Lipinski definition) is 6. The molecule has 7 nitrogen and oxygen atoms in total. The summed E-state index contributed by atoms with van der Waals surface area (Å²) < 4.78 is 45.6. The van der Waals surface area contributed by atoms with Crippen LogP contribution in [-0.4, -0.2) is 43.9 Å². The van der Waals surface area contributed by atoms with E-state index < -0.39 is 23.7 Å². The maximum atomic E-state index is 13.7. The second-order valence-electron chi connectivity index (χ2n) is 8.76. The van der Waals surface area contributed by atoms with Gasteiger partial charge in [0.25, 0.3) is 0 Å². The number of rotatable bonds is 7. The van der Waals surface area contributed by atoms with Crippen LogP contribution in [0.3, 0.4) is 0 Å². The molecular formula is C21H25FN4O3SSi. The number of fused-ring (bicyclic) bond motifs is 1. The van der Waals surface area contributed by atoms with Crippen LogP contribution in [0.2, 0.25) is 25.7 Å². The number of sulfone groups is 1. The molecule has 0 unspecified atom stereocenters. The van der Waals surface area contributed by atoms with Gasteiger partial charge in [0.2, 0.25) is 15.0 Å². The van der Waals surface area contributed by atoms with Crippen LogP contribution in [0.4, 0.5) is 4.39 Å². The molecule has 0 saturated carbocycles. The Hall–Kier alpha value is -2.61. The van der Waals surface area contributed by atoms with Crippen molar-refractivity contribution in [3.8, 4) is 17.3 Å². The van der Waals surface area contributed by atoms with E-state index >= 15 is 0 Å². The Bertz CT molecular complexity index is 1290. The van der Waals surface area contributed by atoms with Gasteiger partial charge in [-0.25, -0.2) is 17.8 Å². The summed E-state index contributed by atoms with van der Waals surface area (Å²) in [6.07, 6.45) is 2.61. The van der Waals surface area contributed by atoms with E-state index in [4.69, 9.17) is 4.74 Å². The fraction of sp³-hybridized carbons (Fsp3) is 0.381. The van der Waals surface area contributed by atoms with Gasteiger partial charge in [0, 0.05) is 32.7 Å². The summed E-state index contributed by atoms with van der Waals surface area (Å²) in [5.41, 5.74) is 1.97. The molecule has 0 N–H and O–H groups in total. The number of nitriles is 1. The number of ether oxygens (including phenoxy) is 1. The first-order valence-corrected chi connectivity index (χ1v) is 15.4. The van der Waals surface area contributed by atoms with Crippen molar-refractivity contribution < 1.29 is 17.5 Å². The highest BCUT2D eigenvalue weighted by Crippen LogP contribution is 2.33. The third-order valence-corrected chi connectivity index (χ3v) is 7.37. The van der Waals surface area contributed by atoms with Crippen LogP contribution in [0.25, 0.3) is 22.3 Å². The van der Waals surface area contributed by atoms with Crippen LogP contribution in [0.1, 0.15) is 11.1 Å². The molecule has 10 heteroatoms. The molecule has 0 aliphatic carbocycles. The molecule has 0 amide bonds. The standard InChI is InChI=1S/C21H25FN4O3SSi/c1-14-10-16(22)6-7-17(14)19-18-15(11-23)12-26(13-29-8-9-31(3,4)5)20(18)25-21(24-19)30(2,27)28/h6-7,10,12H,8-9,13H2,1-5H3. The summed E-state index contributed by atoms with van der Waals surface area (Å²) in [4.78, 5) is 8.51. The average molecular weight is 461 g/mol. The molecule has 0 spiro atoms. The first kappa shape index (κ1) is 23.1. The summed E-state index contributed by atoms with van der Waals surface area (Å²) in [6, 6.07) is 7.25. The molecule has 2 heterocycles. The molecule has 0 aliphatic heterocycles. The molecule has 31 heavy (non-hydrogen) atoms. The molecule has 1 aromatic carbocycles. The van der Waals surface area contributed by atoms with Crippen molar-refractivity contribution in [2.24, 2.45) is 0 Å². The van der Waals surface area contributed by atoms with E-state index in [2.05, 4.69) is 35.7 Å². The van der Waals surface area contributed by atoms with Gasteiger partial charge in [0.05, 0.1) is 16.6 Å². The Morgan fingerprint density at radius 3 is 2.55 bits per heavy atom. The molecule has 0 bridgehead atoms. The molecule has 3 rings (SSSR count). The summed E-state index contributed by atoms with van der Waals surface area (Å²) in [6.45, 7) is 9.14. The van der Waals surface area contributed by atoms with E-state index in [9.17, 15) is 18.1 Å². The van der Waals surface area contributed by atoms with E-state index in [1.807, 2.05) is 0 Å². The molecule has 0 radical (unpaired) electrons. The zero-order valence-electron chi connectivity index (χ0n) is 18.2. The lowest BCUT2D eigenvalue weighted by molar-refractivity contribution is 0.0898. The quantitative estimate of drug-likeness (QED) is 0.299. The highest BCUT2D eigenvalue weighted by molar-refractivity contribution is 7.90. The van der Waals surface area contributed by atoms with Gasteiger partial charge in [-0.3, -0.25) is 0 Å². The lowest BCUT2D eigenvalue weighted by atomic mass is 10.0. The van der Waals surface area contributed by atoms with Crippen molar-refractivity contribution in [2.45, 2.75) is 44.5 Å². The van der Waals surface area contributed by atoms with Crippen LogP contribution in [-0.2, 0) is 21.3 Å². The van der Waals surface area contributed by atoms with E-state index in [1.54, 1.807) is 17.7 Å². The van der Waals surface area contributed by atoms with Crippen molar-refractivity contribution in [1.29, 1.82) is 5.26 Å². The Balaban J connectivity index is 2.19. The van der Waals surface area contributed by atoms with Gasteiger partial charge >= 0.3 is 0 Å². The van der Waals surface area contributed by atoms with Crippen LogP contribution < -0.4 is 0 Å². The highest BCUT2D eigenvalue weighted by atomic mass is 32.2. The monoisotopic (exact) mass is 460 g/mol. The Labute approximate surface area is 182 Å². The Kier molecular flexibility index (Phi) is 6.32. The zero-order valence-corrected chi connectivity index (χ0v) is 20.0. The SMILES string of the molecule is Cc1cc(F)ccc1-c1nc(S(C)(=O)=O)nc2c1c(C#N)cn2COCC[Si](C)(C)C. The van der Waals surface area contributed by atoms with Crippen molar-refractivity contribution in [1.82, 2.24) is 14.5 Å². The molecule has 0 aliphatic rings. The maximum Gasteiger partial charge on any atom is 0.249 e. The minimum Gasteiger partial charge on any atom is -0.361 e. The van der Waals surface area contributed by atoms with E-state index in [1.165, 1.54) is 18.2 Å². The largest absolute Gasteiger partial charge is 0.361 e. The van der Waals surface area contributed by atoms with Crippen molar-refractivity contribution in [3.63, 3.8) is 0 Å². The maximum absolute atomic E-state index is 13.7. The van der Waals surface area contributed by atoms with Gasteiger partial charge in [-0.2, -0.15) is 10.2 Å². The minimum atomic E-state index is -3.73. The summed E-state index contributed by atoms with van der Waals surface area (Å²) in [5, 5.41) is 9.77. The molecular weight excluding hydrogens is 435 g/mol. The fourth-order valence-corrected chi connectivity index (χ4v) is 4.41. The molecule has 0 fully saturated rings. The van der Waals surface area contributed by atoms with Gasteiger partial charge in [0.1, 0.15) is 24.3 Å². The van der Waals surface area contributed by atoms with Crippen LogP contribution in [0.15, 0.2) is 29.6 Å². The van der Waals surface area contributed by atoms with Gasteiger partial charge in [-0.1, -0.05) is 19.6 Å². The molecule has 2 aromatic heterocycles. The van der Waals surface area contributed by atoms with E-state index in [0.29, 0.717) is 34.3 Å². The number of hydrogen-bond donors (Lipinski definition) is 0. The van der Waals surface area contributed by atoms with E-state index in [-0.39, 0.29) is 17.6 Å². The van der Waals surface area contributed by atoms with Crippen molar-refractivity contribution in [2.75, 3.05) is 12.9 Å². The topological polar surface area (TPSA) is 97.9 Å². The smallest absolute Gasteiger partial charge is 0.249 e. The number of aryl methyl sites for hydroxylation is 1. The summed E-state index contributed by atoms with van der Waals surface area (Å²) >= 11 is 0. The second kappa shape index (κ2) is 8.49. The number of aromatic nitrogens is 3. The summed E-state index contributed by atoms with van der Waals surface area (Å²) in [5.74, 6) is -0.413. The van der Waals surface area contributed by atoms with Gasteiger partial charge < -0.3 is 9.30 Å². The third-order valence-electron chi connectivity index (χ3n) is 4.82. The van der Waals surface area contributed by atoms with Gasteiger partial charge in [-0.15, -0.1) is 0 Å². The lowest BCUT2D eigenvalue weighted by Gasteiger charge is -2.15. The zero-order chi connectivity index (χ0) is 23.0. The second-order valence-corrected chi connectivity index (χ2v) is 16.3. The van der Waals surface area contributed by atoms with Gasteiger partial charge in [-0.05, 0) is 36.7 Å². The lowest BCUT2D eigenvalue weighted by Crippen LogP contribution is -2.22. The van der Waals surface area contributed by atoms with Crippen molar-refractivity contribution in [3.05, 3.63) is 41.3 Å². The highest BCUT2D eigenvalue weighted by Gasteiger charge is 2.23. The number of benzene rings is 1. The van der Waals surface area contributed by atoms with E-state index in [0.717, 1.165) is 12.3 Å². The van der Waals surface area contributed by atoms with Crippen LogP contribution >= 0.6 is 0 Å². The molecule has 164 valence electrons. The fourth-order valence-electron chi connectivity index (χ4n) is 3.14. The number of nitrogens with zero attached hydrogens (tertiary/aromatic N) is 4. The first-order chi connectivity index (χ1) is 14.4. The van der Waals surface area contributed by atoms with Gasteiger partial charge in [0.15, 0.2) is 0 Å². The minimum absolute atomic E-state index is 0.130. The Morgan fingerprint density at radius 1 is 1.26 bits per heavy atom. The van der Waals surface area contributed by atoms with Crippen LogP contribution in [0.5, 0.6) is 0 Å². The average Bonchev–Trinajstić information content (AvgIpc) is 3.01. The van der Waals surface area contributed by atoms with Crippen LogP contribution in [0, 0.1) is 24.1 Å². The molecule has 0 saturated heterocycles. The Morgan fingerprint density at radius 2 is 1.97 bits per heavy atom. The predicted octanol–water partition coefficient (Wildman–Crippen LogP) is 4.13. The molecule has 3 aromatic rings. The predicted molar refractivity (Wildman–Crippen MR) is 120 cm³/mol. The first-order valence-electron chi connectivity index (χ1n) is 9.76.